The number of rotatable bonds is 6. The van der Waals surface area contributed by atoms with Crippen LogP contribution in [-0.2, 0) is 28.4 Å². The number of methoxy groups -OCH3 is 3. The number of benzene rings is 1. The number of piperidine rings is 1. The SMILES string of the molecule is CCN1C[C@]2(C)CC[C@H](OC)[C@@]34C1[C@@]1(OCO[C@@]15C[C@H](OC)[C@H]1C[C@@H]3[C@@H]5[C@H]1OC)[C@@H](OC(=O)c1ccc(F)c(C)c1)[C@H]24. The molecule has 2 heterocycles. The van der Waals surface area contributed by atoms with E-state index in [9.17, 15) is 9.18 Å². The fourth-order valence-electron chi connectivity index (χ4n) is 12.5. The molecule has 230 valence electrons. The van der Waals surface area contributed by atoms with Crippen molar-refractivity contribution in [2.24, 2.45) is 34.5 Å². The number of hydrogen-bond donors (Lipinski definition) is 0. The molecule has 0 N–H and O–H groups in total. The van der Waals surface area contributed by atoms with E-state index in [1.807, 2.05) is 14.2 Å². The van der Waals surface area contributed by atoms with Gasteiger partial charge in [-0.1, -0.05) is 13.8 Å². The van der Waals surface area contributed by atoms with Crippen LogP contribution in [-0.4, -0.2) is 93.7 Å². The van der Waals surface area contributed by atoms with Crippen LogP contribution in [0.15, 0.2) is 18.2 Å². The van der Waals surface area contributed by atoms with Crippen LogP contribution in [0, 0.1) is 47.2 Å². The van der Waals surface area contributed by atoms with E-state index in [1.54, 1.807) is 20.1 Å². The highest BCUT2D eigenvalue weighted by Gasteiger charge is 2.94. The number of likely N-dealkylation sites (tertiary alicyclic amines) is 1. The second-order valence-electron chi connectivity index (χ2n) is 14.4. The lowest BCUT2D eigenvalue weighted by Gasteiger charge is -2.69. The van der Waals surface area contributed by atoms with Crippen LogP contribution in [0.25, 0.3) is 0 Å². The fourth-order valence-corrected chi connectivity index (χ4v) is 12.5. The average molecular weight is 586 g/mol. The Morgan fingerprint density at radius 1 is 1.17 bits per heavy atom. The smallest absolute Gasteiger partial charge is 0.338 e. The number of fused-ring (bicyclic) bond motifs is 1. The number of aryl methyl sites for hydroxylation is 1. The third kappa shape index (κ3) is 2.88. The van der Waals surface area contributed by atoms with Gasteiger partial charge < -0.3 is 28.4 Å². The van der Waals surface area contributed by atoms with Gasteiger partial charge in [-0.3, -0.25) is 4.90 Å². The Balaban J connectivity index is 1.39. The van der Waals surface area contributed by atoms with Gasteiger partial charge in [-0.15, -0.1) is 0 Å². The van der Waals surface area contributed by atoms with Crippen molar-refractivity contribution in [1.29, 1.82) is 0 Å². The Morgan fingerprint density at radius 3 is 2.67 bits per heavy atom. The highest BCUT2D eigenvalue weighted by molar-refractivity contribution is 5.90. The Labute approximate surface area is 247 Å². The number of likely N-dealkylation sites (N-methyl/N-ethyl adjacent to an activating group) is 1. The molecule has 13 atom stereocenters. The fraction of sp³-hybridized carbons (Fsp3) is 0.788. The van der Waals surface area contributed by atoms with Crippen LogP contribution < -0.4 is 0 Å². The van der Waals surface area contributed by atoms with Gasteiger partial charge in [-0.2, -0.15) is 0 Å². The predicted octanol–water partition coefficient (Wildman–Crippen LogP) is 3.98. The van der Waals surface area contributed by atoms with Crippen LogP contribution in [0.2, 0.25) is 0 Å². The van der Waals surface area contributed by atoms with Crippen LogP contribution >= 0.6 is 0 Å². The summed E-state index contributed by atoms with van der Waals surface area (Å²) < 4.78 is 54.1. The van der Waals surface area contributed by atoms with Crippen molar-refractivity contribution in [2.75, 3.05) is 41.2 Å². The molecule has 2 aliphatic heterocycles. The predicted molar refractivity (Wildman–Crippen MR) is 149 cm³/mol. The number of carbonyl (C=O) groups is 1. The lowest BCUT2D eigenvalue weighted by atomic mass is 9.43. The van der Waals surface area contributed by atoms with Crippen molar-refractivity contribution >= 4 is 5.97 Å². The zero-order valence-electron chi connectivity index (χ0n) is 25.6. The maximum absolute atomic E-state index is 14.2. The molecule has 8 nitrogen and oxygen atoms in total. The first-order chi connectivity index (χ1) is 20.2. The van der Waals surface area contributed by atoms with Crippen molar-refractivity contribution in [3.8, 4) is 0 Å². The molecule has 2 saturated heterocycles. The molecule has 0 amide bonds. The molecule has 1 aromatic carbocycles. The molecule has 9 heteroatoms. The van der Waals surface area contributed by atoms with E-state index in [1.165, 1.54) is 12.1 Å². The molecule has 5 aliphatic carbocycles. The van der Waals surface area contributed by atoms with Crippen molar-refractivity contribution in [1.82, 2.24) is 4.90 Å². The van der Waals surface area contributed by atoms with E-state index in [4.69, 9.17) is 28.4 Å². The van der Waals surface area contributed by atoms with Crippen LogP contribution in [0.5, 0.6) is 0 Å². The first kappa shape index (κ1) is 27.9. The second-order valence-corrected chi connectivity index (χ2v) is 14.4. The topological polar surface area (TPSA) is 75.7 Å². The second kappa shape index (κ2) is 8.98. The molecule has 1 unspecified atom stereocenters. The highest BCUT2D eigenvalue weighted by atomic mass is 19.1. The van der Waals surface area contributed by atoms with E-state index in [0.29, 0.717) is 17.5 Å². The van der Waals surface area contributed by atoms with Crippen molar-refractivity contribution < 1.29 is 37.6 Å². The molecule has 0 radical (unpaired) electrons. The molecule has 3 spiro atoms. The summed E-state index contributed by atoms with van der Waals surface area (Å²) in [5, 5.41) is 0. The summed E-state index contributed by atoms with van der Waals surface area (Å²) in [6, 6.07) is 4.40. The van der Waals surface area contributed by atoms with Gasteiger partial charge in [0.1, 0.15) is 24.3 Å². The Bertz CT molecular complexity index is 1310. The molecule has 7 bridgehead atoms. The Kier molecular flexibility index (Phi) is 5.96. The molecule has 7 aliphatic rings. The molecule has 5 saturated carbocycles. The molecule has 1 aromatic rings. The number of ether oxygens (including phenoxy) is 6. The van der Waals surface area contributed by atoms with Crippen LogP contribution in [0.4, 0.5) is 4.39 Å². The monoisotopic (exact) mass is 585 g/mol. The molecule has 0 aromatic heterocycles. The minimum Gasteiger partial charge on any atom is -0.455 e. The number of carbonyl (C=O) groups excluding carboxylic acids is 1. The average Bonchev–Trinajstić information content (AvgIpc) is 3.57. The first-order valence-electron chi connectivity index (χ1n) is 15.8. The van der Waals surface area contributed by atoms with Crippen molar-refractivity contribution in [3.05, 3.63) is 35.1 Å². The summed E-state index contributed by atoms with van der Waals surface area (Å²) in [5.41, 5.74) is -1.36. The Morgan fingerprint density at radius 2 is 1.98 bits per heavy atom. The number of halogens is 1. The van der Waals surface area contributed by atoms with Gasteiger partial charge in [0.2, 0.25) is 0 Å². The summed E-state index contributed by atoms with van der Waals surface area (Å²) >= 11 is 0. The summed E-state index contributed by atoms with van der Waals surface area (Å²) in [6.45, 7) is 8.19. The lowest BCUT2D eigenvalue weighted by molar-refractivity contribution is -0.282. The lowest BCUT2D eigenvalue weighted by Crippen LogP contribution is -2.81. The number of esters is 1. The molecule has 8 rings (SSSR count). The molecule has 7 fully saturated rings. The van der Waals surface area contributed by atoms with Gasteiger partial charge in [0.25, 0.3) is 0 Å². The van der Waals surface area contributed by atoms with Crippen molar-refractivity contribution in [2.45, 2.75) is 88.1 Å². The minimum absolute atomic E-state index is 0.00780. The first-order valence-corrected chi connectivity index (χ1v) is 15.8. The van der Waals surface area contributed by atoms with Gasteiger partial charge in [-0.25, -0.2) is 9.18 Å². The summed E-state index contributed by atoms with van der Waals surface area (Å²) in [6.07, 6.45) is 2.86. The van der Waals surface area contributed by atoms with Gasteiger partial charge in [0.05, 0.1) is 29.9 Å². The third-order valence-corrected chi connectivity index (χ3v) is 13.4. The molecular formula is C33H44FNO7. The zero-order chi connectivity index (χ0) is 29.4. The maximum atomic E-state index is 14.2. The van der Waals surface area contributed by atoms with Gasteiger partial charge in [0, 0.05) is 57.5 Å². The third-order valence-electron chi connectivity index (χ3n) is 13.4. The largest absolute Gasteiger partial charge is 0.455 e. The van der Waals surface area contributed by atoms with Crippen molar-refractivity contribution in [3.63, 3.8) is 0 Å². The van der Waals surface area contributed by atoms with E-state index < -0.39 is 23.3 Å². The number of hydrogen-bond acceptors (Lipinski definition) is 8. The summed E-state index contributed by atoms with van der Waals surface area (Å²) in [4.78, 5) is 16.7. The van der Waals surface area contributed by atoms with E-state index >= 15 is 0 Å². The Hall–Kier alpha value is -1.62. The van der Waals surface area contributed by atoms with Gasteiger partial charge >= 0.3 is 5.97 Å². The standard InChI is InChI=1S/C33H44FNO7/c1-7-35-15-30(3)11-10-23(38-5)32-20-13-19-22(37-4)14-31(24(20)25(19)39-6)33(29(32)35,41-16-40-31)27(26(30)32)42-28(36)18-8-9-21(34)17(2)12-18/h8-9,12,19-20,22-27,29H,7,10-11,13-16H2,1-6H3/t19-,20-,22+,23+,24-,25+,26-,27+,29?,30+,31-,32+,33+/m1/s1. The normalized spacial score (nSPS) is 51.5. The summed E-state index contributed by atoms with van der Waals surface area (Å²) in [7, 11) is 5.45. The maximum Gasteiger partial charge on any atom is 0.338 e. The summed E-state index contributed by atoms with van der Waals surface area (Å²) in [5.74, 6) is -0.232. The quantitative estimate of drug-likeness (QED) is 0.465. The minimum atomic E-state index is -0.929. The highest BCUT2D eigenvalue weighted by Crippen LogP contribution is 2.82. The van der Waals surface area contributed by atoms with E-state index in [0.717, 1.165) is 32.4 Å². The molecular weight excluding hydrogens is 541 g/mol. The van der Waals surface area contributed by atoms with Gasteiger partial charge in [0.15, 0.2) is 5.60 Å². The van der Waals surface area contributed by atoms with E-state index in [-0.39, 0.29) is 71.5 Å². The van der Waals surface area contributed by atoms with Crippen LogP contribution in [0.3, 0.4) is 0 Å². The zero-order valence-corrected chi connectivity index (χ0v) is 25.6. The van der Waals surface area contributed by atoms with Crippen LogP contribution in [0.1, 0.15) is 55.5 Å². The number of nitrogens with zero attached hydrogens (tertiary/aromatic N) is 1. The molecule has 42 heavy (non-hydrogen) atoms. The van der Waals surface area contributed by atoms with E-state index in [2.05, 4.69) is 18.7 Å². The van der Waals surface area contributed by atoms with Gasteiger partial charge in [-0.05, 0) is 67.8 Å².